The number of ether oxygens (including phenoxy) is 1. The number of amides is 2. The zero-order chi connectivity index (χ0) is 21.3. The molecule has 2 aromatic carbocycles. The van der Waals surface area contributed by atoms with Gasteiger partial charge < -0.3 is 19.4 Å². The summed E-state index contributed by atoms with van der Waals surface area (Å²) in [5.41, 5.74) is 1.51. The van der Waals surface area contributed by atoms with E-state index in [-0.39, 0.29) is 24.8 Å². The van der Waals surface area contributed by atoms with E-state index in [0.29, 0.717) is 36.1 Å². The van der Waals surface area contributed by atoms with Crippen LogP contribution in [0.25, 0.3) is 11.3 Å². The number of para-hydroxylation sites is 2. The van der Waals surface area contributed by atoms with Gasteiger partial charge in [0.15, 0.2) is 11.7 Å². The number of aromatic nitrogens is 1. The van der Waals surface area contributed by atoms with Crippen molar-refractivity contribution in [2.45, 2.75) is 19.8 Å². The lowest BCUT2D eigenvalue weighted by molar-refractivity contribution is -0.134. The van der Waals surface area contributed by atoms with Gasteiger partial charge in [-0.1, -0.05) is 42.5 Å². The molecular formula is C23H25N3O4. The molecule has 7 nitrogen and oxygen atoms in total. The van der Waals surface area contributed by atoms with Crippen LogP contribution < -0.4 is 10.1 Å². The first-order valence-corrected chi connectivity index (χ1v) is 9.81. The van der Waals surface area contributed by atoms with Crippen molar-refractivity contribution in [3.8, 4) is 17.1 Å². The molecule has 0 spiro atoms. The number of oxazole rings is 1. The predicted molar refractivity (Wildman–Crippen MR) is 114 cm³/mol. The van der Waals surface area contributed by atoms with Crippen molar-refractivity contribution < 1.29 is 18.7 Å². The highest BCUT2D eigenvalue weighted by molar-refractivity contribution is 5.95. The highest BCUT2D eigenvalue weighted by Gasteiger charge is 2.17. The molecule has 0 aliphatic rings. The van der Waals surface area contributed by atoms with Crippen molar-refractivity contribution in [3.05, 3.63) is 66.7 Å². The minimum atomic E-state index is -0.280. The van der Waals surface area contributed by atoms with Crippen LogP contribution in [-0.4, -0.2) is 41.9 Å². The highest BCUT2D eigenvalue weighted by atomic mass is 16.5. The molecule has 1 N–H and O–H groups in total. The van der Waals surface area contributed by atoms with E-state index in [1.165, 1.54) is 4.90 Å². The van der Waals surface area contributed by atoms with Gasteiger partial charge in [0.05, 0.1) is 25.5 Å². The van der Waals surface area contributed by atoms with Crippen molar-refractivity contribution >= 4 is 17.5 Å². The molecular weight excluding hydrogens is 382 g/mol. The van der Waals surface area contributed by atoms with Crippen LogP contribution in [0.1, 0.15) is 19.2 Å². The van der Waals surface area contributed by atoms with Gasteiger partial charge in [-0.25, -0.2) is 4.98 Å². The molecule has 0 saturated heterocycles. The van der Waals surface area contributed by atoms with Crippen molar-refractivity contribution in [3.63, 3.8) is 0 Å². The molecule has 7 heteroatoms. The van der Waals surface area contributed by atoms with Crippen LogP contribution >= 0.6 is 0 Å². The fraction of sp³-hybridized carbons (Fsp3) is 0.261. The number of hydrogen-bond acceptors (Lipinski definition) is 5. The summed E-state index contributed by atoms with van der Waals surface area (Å²) in [7, 11) is 1.54. The average Bonchev–Trinajstić information content (AvgIpc) is 3.26. The molecule has 0 radical (unpaired) electrons. The van der Waals surface area contributed by atoms with E-state index in [4.69, 9.17) is 9.15 Å². The molecule has 0 atom stereocenters. The van der Waals surface area contributed by atoms with Gasteiger partial charge in [0.2, 0.25) is 11.8 Å². The van der Waals surface area contributed by atoms with Crippen LogP contribution in [-0.2, 0) is 16.0 Å². The second-order valence-electron chi connectivity index (χ2n) is 6.64. The van der Waals surface area contributed by atoms with Crippen molar-refractivity contribution in [2.75, 3.05) is 25.5 Å². The van der Waals surface area contributed by atoms with E-state index in [1.54, 1.807) is 31.5 Å². The van der Waals surface area contributed by atoms with Crippen LogP contribution in [0.4, 0.5) is 5.69 Å². The number of hydrogen-bond donors (Lipinski definition) is 1. The Balaban J connectivity index is 1.53. The third-order valence-corrected chi connectivity index (χ3v) is 4.61. The number of rotatable bonds is 9. The number of aryl methyl sites for hydroxylation is 1. The lowest BCUT2D eigenvalue weighted by Crippen LogP contribution is -2.38. The zero-order valence-corrected chi connectivity index (χ0v) is 17.1. The minimum absolute atomic E-state index is 0.0335. The zero-order valence-electron chi connectivity index (χ0n) is 17.1. The van der Waals surface area contributed by atoms with Crippen LogP contribution in [0, 0.1) is 0 Å². The topological polar surface area (TPSA) is 84.7 Å². The molecule has 1 heterocycles. The molecule has 1 aromatic heterocycles. The first kappa shape index (κ1) is 21.1. The monoisotopic (exact) mass is 407 g/mol. The maximum absolute atomic E-state index is 12.6. The Bertz CT molecular complexity index is 985. The Morgan fingerprint density at radius 1 is 1.10 bits per heavy atom. The third kappa shape index (κ3) is 5.47. The van der Waals surface area contributed by atoms with Gasteiger partial charge in [0.1, 0.15) is 5.75 Å². The second-order valence-corrected chi connectivity index (χ2v) is 6.64. The van der Waals surface area contributed by atoms with Crippen LogP contribution in [0.5, 0.6) is 5.75 Å². The van der Waals surface area contributed by atoms with E-state index < -0.39 is 0 Å². The van der Waals surface area contributed by atoms with E-state index >= 15 is 0 Å². The van der Waals surface area contributed by atoms with E-state index in [1.807, 2.05) is 43.3 Å². The van der Waals surface area contributed by atoms with Crippen LogP contribution in [0.15, 0.2) is 65.2 Å². The summed E-state index contributed by atoms with van der Waals surface area (Å²) in [6.07, 6.45) is 2.24. The number of benzene rings is 2. The number of methoxy groups -OCH3 is 1. The Kier molecular flexibility index (Phi) is 7.21. The third-order valence-electron chi connectivity index (χ3n) is 4.61. The fourth-order valence-corrected chi connectivity index (χ4v) is 3.02. The second kappa shape index (κ2) is 10.2. The van der Waals surface area contributed by atoms with Gasteiger partial charge in [-0.15, -0.1) is 0 Å². The van der Waals surface area contributed by atoms with Gasteiger partial charge >= 0.3 is 0 Å². The van der Waals surface area contributed by atoms with Crippen molar-refractivity contribution in [1.82, 2.24) is 9.88 Å². The van der Waals surface area contributed by atoms with Gasteiger partial charge in [-0.05, 0) is 19.1 Å². The standard InChI is InChI=1S/C23H25N3O4/c1-3-26(16-21(27)25-18-11-7-8-12-19(18)29-2)23(28)14-13-22-24-15-20(30-22)17-9-5-4-6-10-17/h4-12,15H,3,13-14,16H2,1-2H3,(H,25,27). The number of likely N-dealkylation sites (N-methyl/N-ethyl adjacent to an activating group) is 1. The molecule has 3 aromatic rings. The Morgan fingerprint density at radius 2 is 1.83 bits per heavy atom. The summed E-state index contributed by atoms with van der Waals surface area (Å²) >= 11 is 0. The molecule has 0 aliphatic heterocycles. The molecule has 0 bridgehead atoms. The Hall–Kier alpha value is -3.61. The number of nitrogens with zero attached hydrogens (tertiary/aromatic N) is 2. The van der Waals surface area contributed by atoms with Crippen molar-refractivity contribution in [1.29, 1.82) is 0 Å². The van der Waals surface area contributed by atoms with Gasteiger partial charge in [-0.2, -0.15) is 0 Å². The summed E-state index contributed by atoms with van der Waals surface area (Å²) in [6, 6.07) is 16.8. The van der Waals surface area contributed by atoms with Crippen LogP contribution in [0.2, 0.25) is 0 Å². The highest BCUT2D eigenvalue weighted by Crippen LogP contribution is 2.23. The molecule has 0 unspecified atom stereocenters. The molecule has 0 fully saturated rings. The lowest BCUT2D eigenvalue weighted by atomic mass is 10.2. The Morgan fingerprint density at radius 3 is 2.57 bits per heavy atom. The van der Waals surface area contributed by atoms with E-state index in [0.717, 1.165) is 5.56 Å². The summed E-state index contributed by atoms with van der Waals surface area (Å²) in [6.45, 7) is 2.24. The maximum atomic E-state index is 12.6. The molecule has 3 rings (SSSR count). The number of carbonyl (C=O) groups is 2. The minimum Gasteiger partial charge on any atom is -0.495 e. The molecule has 30 heavy (non-hydrogen) atoms. The predicted octanol–water partition coefficient (Wildman–Crippen LogP) is 3.77. The summed E-state index contributed by atoms with van der Waals surface area (Å²) < 4.78 is 11.0. The fourth-order valence-electron chi connectivity index (χ4n) is 3.02. The lowest BCUT2D eigenvalue weighted by Gasteiger charge is -2.20. The van der Waals surface area contributed by atoms with Gasteiger partial charge in [0, 0.05) is 24.9 Å². The normalized spacial score (nSPS) is 10.5. The van der Waals surface area contributed by atoms with Crippen molar-refractivity contribution in [2.24, 2.45) is 0 Å². The summed E-state index contributed by atoms with van der Waals surface area (Å²) in [5, 5.41) is 2.79. The summed E-state index contributed by atoms with van der Waals surface area (Å²) in [5.74, 6) is 1.32. The molecule has 0 aliphatic carbocycles. The van der Waals surface area contributed by atoms with Crippen LogP contribution in [0.3, 0.4) is 0 Å². The number of nitrogens with one attached hydrogen (secondary N) is 1. The number of carbonyl (C=O) groups excluding carboxylic acids is 2. The smallest absolute Gasteiger partial charge is 0.244 e. The van der Waals surface area contributed by atoms with Gasteiger partial charge in [-0.3, -0.25) is 9.59 Å². The van der Waals surface area contributed by atoms with E-state index in [9.17, 15) is 9.59 Å². The maximum Gasteiger partial charge on any atom is 0.244 e. The van der Waals surface area contributed by atoms with Gasteiger partial charge in [0.25, 0.3) is 0 Å². The van der Waals surface area contributed by atoms with E-state index in [2.05, 4.69) is 10.3 Å². The molecule has 2 amide bonds. The molecule has 156 valence electrons. The quantitative estimate of drug-likeness (QED) is 0.584. The first-order valence-electron chi connectivity index (χ1n) is 9.81. The molecule has 0 saturated carbocycles. The Labute approximate surface area is 175 Å². The average molecular weight is 407 g/mol. The SMILES string of the molecule is CCN(CC(=O)Nc1ccccc1OC)C(=O)CCc1ncc(-c2ccccc2)o1. The summed E-state index contributed by atoms with van der Waals surface area (Å²) in [4.78, 5) is 30.7. The largest absolute Gasteiger partial charge is 0.495 e. The first-order chi connectivity index (χ1) is 14.6. The number of anilines is 1.